The third-order valence-corrected chi connectivity index (χ3v) is 3.63. The van der Waals surface area contributed by atoms with E-state index in [1.165, 1.54) is 38.0 Å². The van der Waals surface area contributed by atoms with Crippen LogP contribution in [0.4, 0.5) is 0 Å². The van der Waals surface area contributed by atoms with Gasteiger partial charge in [-0.1, -0.05) is 6.92 Å². The summed E-state index contributed by atoms with van der Waals surface area (Å²) in [7, 11) is 2.05. The normalized spacial score (nSPS) is 20.4. The van der Waals surface area contributed by atoms with E-state index in [1.807, 2.05) is 10.9 Å². The zero-order valence-electron chi connectivity index (χ0n) is 9.74. The molecule has 1 saturated heterocycles. The first-order valence-corrected chi connectivity index (χ1v) is 6.01. The summed E-state index contributed by atoms with van der Waals surface area (Å²) in [6.45, 7) is 4.65. The first-order chi connectivity index (χ1) is 7.33. The molecule has 1 aliphatic heterocycles. The number of piperidine rings is 1. The average molecular weight is 207 g/mol. The van der Waals surface area contributed by atoms with Crippen molar-refractivity contribution in [2.24, 2.45) is 13.0 Å². The van der Waals surface area contributed by atoms with Gasteiger partial charge in [0, 0.05) is 24.9 Å². The third kappa shape index (κ3) is 2.23. The molecule has 1 fully saturated rings. The largest absolute Gasteiger partial charge is 0.317 e. The van der Waals surface area contributed by atoms with Crippen molar-refractivity contribution in [2.75, 3.05) is 13.1 Å². The van der Waals surface area contributed by atoms with Gasteiger partial charge in [0.2, 0.25) is 0 Å². The van der Waals surface area contributed by atoms with Crippen LogP contribution < -0.4 is 5.32 Å². The van der Waals surface area contributed by atoms with E-state index in [0.717, 1.165) is 5.92 Å². The maximum atomic E-state index is 4.28. The quantitative estimate of drug-likeness (QED) is 0.820. The number of hydrogen-bond donors (Lipinski definition) is 1. The van der Waals surface area contributed by atoms with Crippen LogP contribution in [0.15, 0.2) is 12.3 Å². The molecule has 1 atom stereocenters. The van der Waals surface area contributed by atoms with Crippen LogP contribution >= 0.6 is 0 Å². The lowest BCUT2D eigenvalue weighted by Crippen LogP contribution is -2.31. The molecule has 0 aromatic carbocycles. The Morgan fingerprint density at radius 3 is 2.80 bits per heavy atom. The van der Waals surface area contributed by atoms with Crippen molar-refractivity contribution in [3.05, 3.63) is 18.0 Å². The molecule has 1 aromatic heterocycles. The molecule has 2 heterocycles. The zero-order chi connectivity index (χ0) is 10.7. The minimum Gasteiger partial charge on any atom is -0.317 e. The second-order valence-corrected chi connectivity index (χ2v) is 4.48. The molecule has 1 unspecified atom stereocenters. The fourth-order valence-electron chi connectivity index (χ4n) is 2.78. The molecule has 1 N–H and O–H groups in total. The minimum atomic E-state index is 0.694. The number of aromatic nitrogens is 2. The molecule has 0 saturated carbocycles. The summed E-state index contributed by atoms with van der Waals surface area (Å²) < 4.78 is 2.04. The molecular formula is C12H21N3. The molecule has 2 rings (SSSR count). The third-order valence-electron chi connectivity index (χ3n) is 3.63. The van der Waals surface area contributed by atoms with Crippen LogP contribution in [0, 0.1) is 5.92 Å². The van der Waals surface area contributed by atoms with Crippen LogP contribution in [-0.4, -0.2) is 22.9 Å². The Hall–Kier alpha value is -0.830. The van der Waals surface area contributed by atoms with E-state index in [9.17, 15) is 0 Å². The Morgan fingerprint density at radius 2 is 2.27 bits per heavy atom. The van der Waals surface area contributed by atoms with Gasteiger partial charge in [-0.25, -0.2) is 0 Å². The molecule has 0 aliphatic carbocycles. The molecule has 3 heteroatoms. The Kier molecular flexibility index (Phi) is 3.41. The van der Waals surface area contributed by atoms with Crippen LogP contribution in [0.2, 0.25) is 0 Å². The molecule has 15 heavy (non-hydrogen) atoms. The van der Waals surface area contributed by atoms with Crippen LogP contribution in [0.25, 0.3) is 0 Å². The zero-order valence-corrected chi connectivity index (χ0v) is 9.74. The lowest BCUT2D eigenvalue weighted by Gasteiger charge is -2.30. The predicted octanol–water partition coefficient (Wildman–Crippen LogP) is 1.91. The number of hydrogen-bond acceptors (Lipinski definition) is 2. The van der Waals surface area contributed by atoms with Crippen molar-refractivity contribution in [3.8, 4) is 0 Å². The monoisotopic (exact) mass is 207 g/mol. The topological polar surface area (TPSA) is 29.9 Å². The molecule has 1 aliphatic rings. The maximum absolute atomic E-state index is 4.28. The molecule has 0 amide bonds. The van der Waals surface area contributed by atoms with Crippen molar-refractivity contribution in [3.63, 3.8) is 0 Å². The van der Waals surface area contributed by atoms with Gasteiger partial charge in [-0.3, -0.25) is 4.68 Å². The maximum Gasteiger partial charge on any atom is 0.0492 e. The Labute approximate surface area is 91.9 Å². The summed E-state index contributed by atoms with van der Waals surface area (Å²) in [5.41, 5.74) is 1.41. The van der Waals surface area contributed by atoms with Crippen molar-refractivity contribution in [1.82, 2.24) is 15.1 Å². The van der Waals surface area contributed by atoms with E-state index in [-0.39, 0.29) is 0 Å². The van der Waals surface area contributed by atoms with Crippen molar-refractivity contribution in [1.29, 1.82) is 0 Å². The number of nitrogens with one attached hydrogen (secondary N) is 1. The summed E-state index contributed by atoms with van der Waals surface area (Å²) in [6.07, 6.45) is 5.76. The molecule has 0 radical (unpaired) electrons. The highest BCUT2D eigenvalue weighted by Gasteiger charge is 2.25. The van der Waals surface area contributed by atoms with Crippen LogP contribution in [-0.2, 0) is 7.05 Å². The van der Waals surface area contributed by atoms with E-state index >= 15 is 0 Å². The lowest BCUT2D eigenvalue weighted by atomic mass is 9.81. The van der Waals surface area contributed by atoms with Crippen molar-refractivity contribution < 1.29 is 0 Å². The van der Waals surface area contributed by atoms with Gasteiger partial charge in [0.05, 0.1) is 0 Å². The van der Waals surface area contributed by atoms with Gasteiger partial charge in [0.15, 0.2) is 0 Å². The lowest BCUT2D eigenvalue weighted by molar-refractivity contribution is 0.303. The molecule has 0 bridgehead atoms. The number of nitrogens with zero attached hydrogens (tertiary/aromatic N) is 2. The molecule has 3 nitrogen and oxygen atoms in total. The highest BCUT2D eigenvalue weighted by Crippen LogP contribution is 2.32. The van der Waals surface area contributed by atoms with Gasteiger partial charge in [0.1, 0.15) is 0 Å². The van der Waals surface area contributed by atoms with Crippen LogP contribution in [0.1, 0.15) is 37.8 Å². The van der Waals surface area contributed by atoms with E-state index in [2.05, 4.69) is 30.5 Å². The summed E-state index contributed by atoms with van der Waals surface area (Å²) in [6, 6.07) is 2.18. The fourth-order valence-corrected chi connectivity index (χ4v) is 2.78. The van der Waals surface area contributed by atoms with Gasteiger partial charge in [0.25, 0.3) is 0 Å². The van der Waals surface area contributed by atoms with Crippen LogP contribution in [0.5, 0.6) is 0 Å². The van der Waals surface area contributed by atoms with Gasteiger partial charge >= 0.3 is 0 Å². The van der Waals surface area contributed by atoms with E-state index in [4.69, 9.17) is 0 Å². The molecular weight excluding hydrogens is 186 g/mol. The summed E-state index contributed by atoms with van der Waals surface area (Å²) in [5.74, 6) is 1.53. The summed E-state index contributed by atoms with van der Waals surface area (Å²) >= 11 is 0. The molecule has 1 aromatic rings. The average Bonchev–Trinajstić information content (AvgIpc) is 2.68. The SMILES string of the molecule is CCC(c1ccnn1C)C1CCNCC1. The highest BCUT2D eigenvalue weighted by molar-refractivity contribution is 5.09. The predicted molar refractivity (Wildman–Crippen MR) is 61.8 cm³/mol. The van der Waals surface area contributed by atoms with Gasteiger partial charge in [-0.05, 0) is 44.3 Å². The number of rotatable bonds is 3. The Balaban J connectivity index is 2.12. The summed E-state index contributed by atoms with van der Waals surface area (Å²) in [4.78, 5) is 0. The smallest absolute Gasteiger partial charge is 0.0492 e. The Bertz CT molecular complexity index is 300. The van der Waals surface area contributed by atoms with Gasteiger partial charge in [-0.15, -0.1) is 0 Å². The number of aryl methyl sites for hydroxylation is 1. The highest BCUT2D eigenvalue weighted by atomic mass is 15.3. The summed E-state index contributed by atoms with van der Waals surface area (Å²) in [5, 5.41) is 7.71. The van der Waals surface area contributed by atoms with E-state index in [1.54, 1.807) is 0 Å². The van der Waals surface area contributed by atoms with E-state index < -0.39 is 0 Å². The molecule has 84 valence electrons. The van der Waals surface area contributed by atoms with E-state index in [0.29, 0.717) is 5.92 Å². The standard InChI is InChI=1S/C12H21N3/c1-3-11(10-4-7-13-8-5-10)12-6-9-14-15(12)2/h6,9-11,13H,3-5,7-8H2,1-2H3. The van der Waals surface area contributed by atoms with Crippen molar-refractivity contribution in [2.45, 2.75) is 32.1 Å². The van der Waals surface area contributed by atoms with Gasteiger partial charge in [-0.2, -0.15) is 5.10 Å². The van der Waals surface area contributed by atoms with Crippen molar-refractivity contribution >= 4 is 0 Å². The fraction of sp³-hybridized carbons (Fsp3) is 0.750. The minimum absolute atomic E-state index is 0.694. The molecule has 0 spiro atoms. The van der Waals surface area contributed by atoms with Gasteiger partial charge < -0.3 is 5.32 Å². The Morgan fingerprint density at radius 1 is 1.53 bits per heavy atom. The second-order valence-electron chi connectivity index (χ2n) is 4.48. The van der Waals surface area contributed by atoms with Crippen LogP contribution in [0.3, 0.4) is 0 Å². The first-order valence-electron chi connectivity index (χ1n) is 6.01. The first kappa shape index (κ1) is 10.7. The second kappa shape index (κ2) is 4.79.